The summed E-state index contributed by atoms with van der Waals surface area (Å²) in [5, 5.41) is 11.4. The molecule has 1 aromatic heterocycles. The summed E-state index contributed by atoms with van der Waals surface area (Å²) in [6.07, 6.45) is -1.09. The summed E-state index contributed by atoms with van der Waals surface area (Å²) in [5.41, 5.74) is 0. The second-order valence-electron chi connectivity index (χ2n) is 6.89. The van der Waals surface area contributed by atoms with Crippen LogP contribution >= 0.6 is 11.8 Å². The molecule has 0 aliphatic carbocycles. The number of thioether (sulfide) groups is 1. The Morgan fingerprint density at radius 3 is 2.68 bits per heavy atom. The molecule has 0 radical (unpaired) electrons. The fraction of sp³-hybridized carbons (Fsp3) is 0.667. The summed E-state index contributed by atoms with van der Waals surface area (Å²) < 4.78 is 20.4. The summed E-state index contributed by atoms with van der Waals surface area (Å²) in [6, 6.07) is -0.913. The van der Waals surface area contributed by atoms with Crippen LogP contribution in [0.1, 0.15) is 26.2 Å². The highest BCUT2D eigenvalue weighted by Crippen LogP contribution is 2.27. The number of rotatable bonds is 11. The Balaban J connectivity index is 1.93. The molecule has 2 atom stereocenters. The number of ether oxygens (including phenoxy) is 3. The average Bonchev–Trinajstić information content (AvgIpc) is 3.19. The number of nitrogens with zero attached hydrogens (tertiary/aromatic N) is 2. The van der Waals surface area contributed by atoms with E-state index in [0.29, 0.717) is 13.2 Å². The van der Waals surface area contributed by atoms with Crippen molar-refractivity contribution in [3.05, 3.63) is 5.89 Å². The van der Waals surface area contributed by atoms with E-state index in [-0.39, 0.29) is 43.2 Å². The van der Waals surface area contributed by atoms with Gasteiger partial charge in [-0.2, -0.15) is 0 Å². The number of aromatic nitrogens is 2. The Morgan fingerprint density at radius 2 is 1.97 bits per heavy atom. The fourth-order valence-corrected chi connectivity index (χ4v) is 3.53. The normalized spacial score (nSPS) is 17.4. The van der Waals surface area contributed by atoms with Crippen molar-refractivity contribution in [2.45, 2.75) is 43.3 Å². The van der Waals surface area contributed by atoms with Gasteiger partial charge in [0.15, 0.2) is 5.78 Å². The van der Waals surface area contributed by atoms with E-state index in [2.05, 4.69) is 20.8 Å². The van der Waals surface area contributed by atoms with Gasteiger partial charge in [-0.1, -0.05) is 25.6 Å². The summed E-state index contributed by atoms with van der Waals surface area (Å²) >= 11 is 0.843. The van der Waals surface area contributed by atoms with Gasteiger partial charge in [0.2, 0.25) is 11.7 Å². The minimum Gasteiger partial charge on any atom is -0.447 e. The van der Waals surface area contributed by atoms with Crippen LogP contribution in [-0.4, -0.2) is 78.6 Å². The van der Waals surface area contributed by atoms with E-state index in [1.54, 1.807) is 21.0 Å². The molecule has 13 heteroatoms. The first-order valence-electron chi connectivity index (χ1n) is 9.65. The number of hydrogen-bond donors (Lipinski definition) is 2. The lowest BCUT2D eigenvalue weighted by atomic mass is 9.96. The third-order valence-electron chi connectivity index (χ3n) is 4.17. The van der Waals surface area contributed by atoms with E-state index in [1.165, 1.54) is 0 Å². The van der Waals surface area contributed by atoms with E-state index >= 15 is 0 Å². The van der Waals surface area contributed by atoms with Crippen LogP contribution in [0, 0.1) is 5.92 Å². The van der Waals surface area contributed by atoms with Crippen LogP contribution in [-0.2, 0) is 35.1 Å². The van der Waals surface area contributed by atoms with Gasteiger partial charge in [-0.3, -0.25) is 14.4 Å². The predicted molar refractivity (Wildman–Crippen MR) is 106 cm³/mol. The molecule has 1 aliphatic rings. The van der Waals surface area contributed by atoms with Gasteiger partial charge in [-0.15, -0.1) is 10.2 Å². The lowest BCUT2D eigenvalue weighted by Crippen LogP contribution is -2.47. The third-order valence-corrected chi connectivity index (χ3v) is 5.21. The Kier molecular flexibility index (Phi) is 9.88. The predicted octanol–water partition coefficient (Wildman–Crippen LogP) is 0.102. The standard InChI is InChI=1S/C18H26N4O8S/c1-10(2)14(20-17(26)29-7-6-28-5-4-27-3)11(23)8-12-15(24)16(25)19-9-13-21-22-18(30-13)31-12/h10,12,14H,4-9H2,1-3H3,(H,19,25)(H,20,26). The molecule has 2 amide bonds. The molecule has 31 heavy (non-hydrogen) atoms. The van der Waals surface area contributed by atoms with Gasteiger partial charge in [0.1, 0.15) is 6.61 Å². The number of Topliss-reactive ketones (excluding diaryl/α,β-unsaturated/α-hetero) is 2. The van der Waals surface area contributed by atoms with Crippen molar-refractivity contribution in [2.24, 2.45) is 5.92 Å². The zero-order chi connectivity index (χ0) is 22.8. The van der Waals surface area contributed by atoms with Crippen molar-refractivity contribution < 1.29 is 37.8 Å². The number of carbonyl (C=O) groups excluding carboxylic acids is 4. The highest BCUT2D eigenvalue weighted by Gasteiger charge is 2.35. The number of amides is 2. The molecule has 2 rings (SSSR count). The van der Waals surface area contributed by atoms with E-state index < -0.39 is 34.9 Å². The first-order valence-corrected chi connectivity index (χ1v) is 10.5. The highest BCUT2D eigenvalue weighted by atomic mass is 32.2. The molecule has 12 nitrogen and oxygen atoms in total. The fourth-order valence-electron chi connectivity index (χ4n) is 2.59. The zero-order valence-corrected chi connectivity index (χ0v) is 18.4. The molecule has 0 saturated carbocycles. The maximum Gasteiger partial charge on any atom is 0.407 e. The van der Waals surface area contributed by atoms with E-state index in [4.69, 9.17) is 18.6 Å². The molecule has 0 fully saturated rings. The molecule has 2 bridgehead atoms. The smallest absolute Gasteiger partial charge is 0.407 e. The molecule has 2 heterocycles. The Bertz CT molecular complexity index is 784. The monoisotopic (exact) mass is 458 g/mol. The maximum absolute atomic E-state index is 12.9. The molecule has 0 spiro atoms. The number of hydrogen-bond acceptors (Lipinski definition) is 11. The van der Waals surface area contributed by atoms with Gasteiger partial charge in [-0.25, -0.2) is 4.79 Å². The van der Waals surface area contributed by atoms with Crippen LogP contribution in [0.5, 0.6) is 0 Å². The Hall–Kier alpha value is -2.51. The Labute approximate surface area is 183 Å². The van der Waals surface area contributed by atoms with Crippen LogP contribution in [0.4, 0.5) is 4.79 Å². The van der Waals surface area contributed by atoms with E-state index in [1.807, 2.05) is 0 Å². The number of methoxy groups -OCH3 is 1. The van der Waals surface area contributed by atoms with E-state index in [0.717, 1.165) is 11.8 Å². The lowest BCUT2D eigenvalue weighted by Gasteiger charge is -2.22. The summed E-state index contributed by atoms with van der Waals surface area (Å²) in [5.74, 6) is -2.17. The SMILES string of the molecule is COCCOCCOC(=O)NC(C(=O)CC1Sc2nnc(o2)CNC(=O)C1=O)C(C)C. The van der Waals surface area contributed by atoms with Gasteiger partial charge < -0.3 is 29.3 Å². The summed E-state index contributed by atoms with van der Waals surface area (Å²) in [6.45, 7) is 4.40. The average molecular weight is 458 g/mol. The van der Waals surface area contributed by atoms with Crippen LogP contribution in [0.2, 0.25) is 0 Å². The van der Waals surface area contributed by atoms with Gasteiger partial charge in [0.05, 0.1) is 37.7 Å². The quantitative estimate of drug-likeness (QED) is 0.342. The second-order valence-corrected chi connectivity index (χ2v) is 8.05. The second kappa shape index (κ2) is 12.4. The lowest BCUT2D eigenvalue weighted by molar-refractivity contribution is -0.138. The zero-order valence-electron chi connectivity index (χ0n) is 17.5. The summed E-state index contributed by atoms with van der Waals surface area (Å²) in [7, 11) is 1.55. The first kappa shape index (κ1) is 24.8. The molecule has 1 aromatic rings. The largest absolute Gasteiger partial charge is 0.447 e. The van der Waals surface area contributed by atoms with Crippen LogP contribution < -0.4 is 10.6 Å². The highest BCUT2D eigenvalue weighted by molar-refractivity contribution is 8.00. The van der Waals surface area contributed by atoms with E-state index in [9.17, 15) is 19.2 Å². The topological polar surface area (TPSA) is 159 Å². The van der Waals surface area contributed by atoms with Gasteiger partial charge in [-0.05, 0) is 5.92 Å². The minimum absolute atomic E-state index is 0.00514. The first-order chi connectivity index (χ1) is 14.8. The summed E-state index contributed by atoms with van der Waals surface area (Å²) in [4.78, 5) is 49.4. The maximum atomic E-state index is 12.9. The van der Waals surface area contributed by atoms with Crippen LogP contribution in [0.25, 0.3) is 0 Å². The molecule has 1 aliphatic heterocycles. The van der Waals surface area contributed by atoms with Gasteiger partial charge in [0.25, 0.3) is 11.1 Å². The molecular weight excluding hydrogens is 432 g/mol. The molecule has 172 valence electrons. The van der Waals surface area contributed by atoms with Gasteiger partial charge in [0, 0.05) is 13.5 Å². The number of alkyl carbamates (subject to hydrolysis) is 1. The van der Waals surface area contributed by atoms with Crippen molar-refractivity contribution in [1.82, 2.24) is 20.8 Å². The number of fused-ring (bicyclic) bond motifs is 2. The van der Waals surface area contributed by atoms with Crippen molar-refractivity contribution in [3.63, 3.8) is 0 Å². The number of carbonyl (C=O) groups is 4. The van der Waals surface area contributed by atoms with Crippen LogP contribution in [0.15, 0.2) is 9.64 Å². The number of ketones is 2. The van der Waals surface area contributed by atoms with Crippen molar-refractivity contribution in [2.75, 3.05) is 33.5 Å². The molecule has 2 N–H and O–H groups in total. The van der Waals surface area contributed by atoms with Crippen molar-refractivity contribution in [1.29, 1.82) is 0 Å². The molecule has 0 saturated heterocycles. The molecule has 2 unspecified atom stereocenters. The van der Waals surface area contributed by atoms with Crippen molar-refractivity contribution >= 4 is 35.3 Å². The number of nitrogens with one attached hydrogen (secondary N) is 2. The Morgan fingerprint density at radius 1 is 1.23 bits per heavy atom. The molecular formula is C18H26N4O8S. The van der Waals surface area contributed by atoms with Gasteiger partial charge >= 0.3 is 6.09 Å². The minimum atomic E-state index is -1.06. The van der Waals surface area contributed by atoms with Crippen LogP contribution in [0.3, 0.4) is 0 Å². The molecule has 0 aromatic carbocycles. The third kappa shape index (κ3) is 7.92. The van der Waals surface area contributed by atoms with Crippen molar-refractivity contribution in [3.8, 4) is 0 Å².